The van der Waals surface area contributed by atoms with E-state index in [-0.39, 0.29) is 0 Å². The number of aromatic nitrogens is 1. The van der Waals surface area contributed by atoms with Gasteiger partial charge < -0.3 is 0 Å². The fraction of sp³-hybridized carbons (Fsp3) is 0.143. The van der Waals surface area contributed by atoms with Gasteiger partial charge in [0.15, 0.2) is 5.69 Å². The van der Waals surface area contributed by atoms with Gasteiger partial charge in [-0.1, -0.05) is 11.6 Å². The zero-order valence-corrected chi connectivity index (χ0v) is 7.41. The van der Waals surface area contributed by atoms with E-state index in [0.717, 1.165) is 4.90 Å². The number of thioether (sulfide) groups is 1. The molecule has 4 heteroatoms. The van der Waals surface area contributed by atoms with Crippen molar-refractivity contribution in [1.29, 1.82) is 5.26 Å². The Morgan fingerprint density at radius 2 is 2.45 bits per heavy atom. The normalized spacial score (nSPS) is 9.18. The maximum atomic E-state index is 8.57. The zero-order chi connectivity index (χ0) is 8.27. The average molecular weight is 185 g/mol. The van der Waals surface area contributed by atoms with Crippen molar-refractivity contribution in [1.82, 2.24) is 4.98 Å². The van der Waals surface area contributed by atoms with Gasteiger partial charge in [-0.2, -0.15) is 5.26 Å². The predicted molar refractivity (Wildman–Crippen MR) is 45.7 cm³/mol. The number of nitrogens with zero attached hydrogens (tertiary/aromatic N) is 2. The van der Waals surface area contributed by atoms with Crippen LogP contribution in [0, 0.1) is 11.3 Å². The minimum atomic E-state index is 0.432. The minimum Gasteiger partial charge on any atom is -0.243 e. The summed E-state index contributed by atoms with van der Waals surface area (Å²) < 4.78 is 0. The number of hydrogen-bond acceptors (Lipinski definition) is 3. The molecule has 0 atom stereocenters. The quantitative estimate of drug-likeness (QED) is 0.629. The summed E-state index contributed by atoms with van der Waals surface area (Å²) in [5.74, 6) is 0. The highest BCUT2D eigenvalue weighted by molar-refractivity contribution is 7.98. The van der Waals surface area contributed by atoms with Gasteiger partial charge in [-0.25, -0.2) is 4.98 Å². The van der Waals surface area contributed by atoms with Gasteiger partial charge in [0.05, 0.1) is 5.02 Å². The molecule has 2 nitrogen and oxygen atoms in total. The number of rotatable bonds is 1. The molecule has 1 heterocycles. The van der Waals surface area contributed by atoms with E-state index < -0.39 is 0 Å². The molecule has 0 amide bonds. The fourth-order valence-corrected chi connectivity index (χ4v) is 1.42. The molecular weight excluding hydrogens is 180 g/mol. The molecule has 0 radical (unpaired) electrons. The Bertz CT molecular complexity index is 306. The molecule has 0 saturated heterocycles. The van der Waals surface area contributed by atoms with Crippen LogP contribution in [0.1, 0.15) is 5.69 Å². The molecular formula is C7H5ClN2S. The van der Waals surface area contributed by atoms with Gasteiger partial charge >= 0.3 is 0 Å². The summed E-state index contributed by atoms with van der Waals surface area (Å²) in [4.78, 5) is 4.67. The molecule has 0 spiro atoms. The number of hydrogen-bond donors (Lipinski definition) is 0. The fourth-order valence-electron chi connectivity index (χ4n) is 0.660. The Morgan fingerprint density at radius 1 is 1.73 bits per heavy atom. The molecule has 56 valence electrons. The Hall–Kier alpha value is -0.720. The third-order valence-electron chi connectivity index (χ3n) is 1.15. The molecule has 1 aromatic heterocycles. The van der Waals surface area contributed by atoms with Crippen LogP contribution in [-0.4, -0.2) is 11.2 Å². The van der Waals surface area contributed by atoms with Crippen LogP contribution in [0.5, 0.6) is 0 Å². The first kappa shape index (κ1) is 8.38. The predicted octanol–water partition coefficient (Wildman–Crippen LogP) is 2.33. The van der Waals surface area contributed by atoms with Crippen molar-refractivity contribution < 1.29 is 0 Å². The highest BCUT2D eigenvalue weighted by Gasteiger charge is 2.01. The van der Waals surface area contributed by atoms with Crippen LogP contribution < -0.4 is 0 Å². The maximum Gasteiger partial charge on any atom is 0.154 e. The van der Waals surface area contributed by atoms with Crippen molar-refractivity contribution in [2.45, 2.75) is 4.90 Å². The second-order valence-electron chi connectivity index (χ2n) is 1.82. The van der Waals surface area contributed by atoms with E-state index in [2.05, 4.69) is 4.98 Å². The van der Waals surface area contributed by atoms with Gasteiger partial charge in [-0.3, -0.25) is 0 Å². The Morgan fingerprint density at radius 3 is 3.00 bits per heavy atom. The first-order valence-corrected chi connectivity index (χ1v) is 4.48. The Kier molecular flexibility index (Phi) is 2.75. The molecule has 0 fully saturated rings. The summed E-state index contributed by atoms with van der Waals surface area (Å²) in [5.41, 5.74) is 0.432. The SMILES string of the molecule is CSc1cc(Cl)cnc1C#N. The second kappa shape index (κ2) is 3.61. The molecule has 1 rings (SSSR count). The monoisotopic (exact) mass is 184 g/mol. The molecule has 0 saturated carbocycles. The molecule has 0 unspecified atom stereocenters. The van der Waals surface area contributed by atoms with Crippen molar-refractivity contribution in [3.05, 3.63) is 23.0 Å². The van der Waals surface area contributed by atoms with Gasteiger partial charge in [0, 0.05) is 11.1 Å². The van der Waals surface area contributed by atoms with Crippen molar-refractivity contribution in [2.24, 2.45) is 0 Å². The van der Waals surface area contributed by atoms with Gasteiger partial charge in [-0.05, 0) is 12.3 Å². The first-order chi connectivity index (χ1) is 5.27. The van der Waals surface area contributed by atoms with Gasteiger partial charge in [0.25, 0.3) is 0 Å². The topological polar surface area (TPSA) is 36.7 Å². The van der Waals surface area contributed by atoms with Crippen LogP contribution in [0.2, 0.25) is 5.02 Å². The lowest BCUT2D eigenvalue weighted by molar-refractivity contribution is 1.18. The van der Waals surface area contributed by atoms with E-state index in [9.17, 15) is 0 Å². The molecule has 0 bridgehead atoms. The van der Waals surface area contributed by atoms with E-state index in [1.54, 1.807) is 6.07 Å². The molecule has 0 aliphatic heterocycles. The summed E-state index contributed by atoms with van der Waals surface area (Å²) in [6, 6.07) is 3.72. The van der Waals surface area contributed by atoms with E-state index in [1.165, 1.54) is 18.0 Å². The summed E-state index contributed by atoms with van der Waals surface area (Å²) in [7, 11) is 0. The van der Waals surface area contributed by atoms with Gasteiger partial charge in [0.1, 0.15) is 6.07 Å². The first-order valence-electron chi connectivity index (χ1n) is 2.87. The van der Waals surface area contributed by atoms with Crippen LogP contribution in [0.15, 0.2) is 17.2 Å². The van der Waals surface area contributed by atoms with Crippen LogP contribution in [0.25, 0.3) is 0 Å². The summed E-state index contributed by atoms with van der Waals surface area (Å²) in [5, 5.41) is 9.13. The molecule has 0 N–H and O–H groups in total. The molecule has 0 aromatic carbocycles. The molecule has 11 heavy (non-hydrogen) atoms. The average Bonchev–Trinajstić information content (AvgIpc) is 2.04. The minimum absolute atomic E-state index is 0.432. The smallest absolute Gasteiger partial charge is 0.154 e. The lowest BCUT2D eigenvalue weighted by Gasteiger charge is -1.97. The lowest BCUT2D eigenvalue weighted by Crippen LogP contribution is -1.84. The summed E-state index contributed by atoms with van der Waals surface area (Å²) >= 11 is 7.13. The van der Waals surface area contributed by atoms with Crippen molar-refractivity contribution >= 4 is 23.4 Å². The van der Waals surface area contributed by atoms with E-state index >= 15 is 0 Å². The zero-order valence-electron chi connectivity index (χ0n) is 5.84. The van der Waals surface area contributed by atoms with Crippen LogP contribution in [0.3, 0.4) is 0 Å². The van der Waals surface area contributed by atoms with Crippen LogP contribution in [-0.2, 0) is 0 Å². The molecule has 0 aliphatic rings. The van der Waals surface area contributed by atoms with Gasteiger partial charge in [0.2, 0.25) is 0 Å². The third-order valence-corrected chi connectivity index (χ3v) is 2.10. The summed E-state index contributed by atoms with van der Waals surface area (Å²) in [6.45, 7) is 0. The van der Waals surface area contributed by atoms with Crippen molar-refractivity contribution in [3.8, 4) is 6.07 Å². The van der Waals surface area contributed by atoms with Crippen molar-refractivity contribution in [2.75, 3.05) is 6.26 Å². The standard InChI is InChI=1S/C7H5ClN2S/c1-11-7-2-5(8)4-10-6(7)3-9/h2,4H,1H3. The number of nitriles is 1. The van der Waals surface area contributed by atoms with Gasteiger partial charge in [-0.15, -0.1) is 11.8 Å². The highest BCUT2D eigenvalue weighted by atomic mass is 35.5. The molecule has 0 aliphatic carbocycles. The van der Waals surface area contributed by atoms with Crippen LogP contribution in [0.4, 0.5) is 0 Å². The largest absolute Gasteiger partial charge is 0.243 e. The van der Waals surface area contributed by atoms with Crippen LogP contribution >= 0.6 is 23.4 Å². The van der Waals surface area contributed by atoms with E-state index in [1.807, 2.05) is 12.3 Å². The number of halogens is 1. The Labute approximate surface area is 74.2 Å². The molecule has 1 aromatic rings. The highest BCUT2D eigenvalue weighted by Crippen LogP contribution is 2.21. The maximum absolute atomic E-state index is 8.57. The van der Waals surface area contributed by atoms with E-state index in [4.69, 9.17) is 16.9 Å². The van der Waals surface area contributed by atoms with E-state index in [0.29, 0.717) is 10.7 Å². The van der Waals surface area contributed by atoms with Crippen molar-refractivity contribution in [3.63, 3.8) is 0 Å². The number of pyridine rings is 1. The third kappa shape index (κ3) is 1.86. The summed E-state index contributed by atoms with van der Waals surface area (Å²) in [6.07, 6.45) is 3.36. The lowest BCUT2D eigenvalue weighted by atomic mass is 10.4. The Balaban J connectivity index is 3.19. The second-order valence-corrected chi connectivity index (χ2v) is 3.10.